The molecule has 0 aliphatic carbocycles. The summed E-state index contributed by atoms with van der Waals surface area (Å²) < 4.78 is 6.94. The van der Waals surface area contributed by atoms with Crippen LogP contribution in [0, 0.1) is 0 Å². The molecule has 0 radical (unpaired) electrons. The smallest absolute Gasteiger partial charge is 0.275 e. The lowest BCUT2D eigenvalue weighted by Gasteiger charge is -2.15. The van der Waals surface area contributed by atoms with Gasteiger partial charge in [0.25, 0.3) is 5.91 Å². The van der Waals surface area contributed by atoms with Crippen molar-refractivity contribution in [2.24, 2.45) is 0 Å². The molecule has 1 aromatic heterocycles. The highest BCUT2D eigenvalue weighted by Crippen LogP contribution is 2.23. The number of hydrogen-bond donors (Lipinski definition) is 2. The molecule has 1 aromatic carbocycles. The maximum Gasteiger partial charge on any atom is 0.275 e. The number of carbonyl (C=O) groups excluding carboxylic acids is 1. The van der Waals surface area contributed by atoms with E-state index in [4.69, 9.17) is 4.42 Å². The second-order valence-electron chi connectivity index (χ2n) is 5.96. The largest absolute Gasteiger partial charge is 0.455 e. The van der Waals surface area contributed by atoms with Gasteiger partial charge in [-0.1, -0.05) is 35.0 Å². The summed E-state index contributed by atoms with van der Waals surface area (Å²) in [6, 6.07) is 12.2. The van der Waals surface area contributed by atoms with Crippen LogP contribution < -0.4 is 10.2 Å². The molecule has 1 unspecified atom stereocenters. The Kier molecular flexibility index (Phi) is 6.42. The molecule has 2 atom stereocenters. The van der Waals surface area contributed by atoms with Gasteiger partial charge in [-0.2, -0.15) is 0 Å². The molecular weight excluding hydrogens is 356 g/mol. The normalized spacial score (nSPS) is 13.6. The van der Waals surface area contributed by atoms with Crippen LogP contribution in [0.25, 0.3) is 11.3 Å². The number of likely N-dealkylation sites (N-methyl/N-ethyl adjacent to an activating group) is 1. The number of rotatable bonds is 7. The van der Waals surface area contributed by atoms with E-state index in [1.807, 2.05) is 50.4 Å². The lowest BCUT2D eigenvalue weighted by molar-refractivity contribution is -0.886. The van der Waals surface area contributed by atoms with Gasteiger partial charge in [-0.25, -0.2) is 0 Å². The summed E-state index contributed by atoms with van der Waals surface area (Å²) in [6.45, 7) is 5.21. The fourth-order valence-electron chi connectivity index (χ4n) is 2.30. The first-order valence-electron chi connectivity index (χ1n) is 7.93. The van der Waals surface area contributed by atoms with Crippen molar-refractivity contribution >= 4 is 21.8 Å². The van der Waals surface area contributed by atoms with Crippen LogP contribution in [0.3, 0.4) is 0 Å². The zero-order valence-electron chi connectivity index (χ0n) is 13.9. The number of benzene rings is 1. The van der Waals surface area contributed by atoms with Crippen molar-refractivity contribution in [3.05, 3.63) is 46.6 Å². The Balaban J connectivity index is 1.91. The van der Waals surface area contributed by atoms with Crippen LogP contribution in [0.5, 0.6) is 0 Å². The lowest BCUT2D eigenvalue weighted by Crippen LogP contribution is -3.08. The fourth-order valence-corrected chi connectivity index (χ4v) is 2.57. The van der Waals surface area contributed by atoms with Gasteiger partial charge >= 0.3 is 0 Å². The van der Waals surface area contributed by atoms with Crippen molar-refractivity contribution in [3.8, 4) is 11.3 Å². The summed E-state index contributed by atoms with van der Waals surface area (Å²) in [5, 5.41) is 2.99. The Morgan fingerprint density at radius 3 is 2.61 bits per heavy atom. The Labute approximate surface area is 146 Å². The topological polar surface area (TPSA) is 46.7 Å². The van der Waals surface area contributed by atoms with E-state index in [2.05, 4.69) is 28.2 Å². The quantitative estimate of drug-likeness (QED) is 0.776. The predicted molar refractivity (Wildman–Crippen MR) is 95.2 cm³/mol. The number of furan rings is 1. The van der Waals surface area contributed by atoms with E-state index < -0.39 is 0 Å². The molecule has 0 saturated carbocycles. The van der Waals surface area contributed by atoms with Gasteiger partial charge in [0.2, 0.25) is 0 Å². The van der Waals surface area contributed by atoms with E-state index in [1.54, 1.807) is 0 Å². The minimum atomic E-state index is 0.0801. The van der Waals surface area contributed by atoms with Crippen molar-refractivity contribution in [2.45, 2.75) is 32.9 Å². The minimum Gasteiger partial charge on any atom is -0.455 e. The summed E-state index contributed by atoms with van der Waals surface area (Å²) in [4.78, 5) is 13.0. The van der Waals surface area contributed by atoms with E-state index >= 15 is 0 Å². The number of hydrogen-bond acceptors (Lipinski definition) is 2. The molecular formula is C18H24BrN2O2+. The molecule has 124 valence electrons. The molecule has 1 heterocycles. The van der Waals surface area contributed by atoms with E-state index in [1.165, 1.54) is 0 Å². The van der Waals surface area contributed by atoms with Gasteiger partial charge in [-0.05, 0) is 37.6 Å². The molecule has 0 aliphatic heterocycles. The third kappa shape index (κ3) is 5.52. The van der Waals surface area contributed by atoms with Gasteiger partial charge in [0.05, 0.1) is 7.05 Å². The Bertz CT molecular complexity index is 637. The molecule has 0 spiro atoms. The third-order valence-electron chi connectivity index (χ3n) is 3.75. The fraction of sp³-hybridized carbons (Fsp3) is 0.389. The number of carbonyl (C=O) groups is 1. The van der Waals surface area contributed by atoms with Crippen LogP contribution in [0.15, 0.2) is 45.3 Å². The van der Waals surface area contributed by atoms with Gasteiger partial charge in [-0.15, -0.1) is 0 Å². The monoisotopic (exact) mass is 379 g/mol. The second kappa shape index (κ2) is 8.31. The van der Waals surface area contributed by atoms with Crippen molar-refractivity contribution < 1.29 is 14.1 Å². The number of nitrogens with one attached hydrogen (secondary N) is 2. The van der Waals surface area contributed by atoms with Crippen molar-refractivity contribution in [2.75, 3.05) is 13.6 Å². The van der Waals surface area contributed by atoms with E-state index in [0.717, 1.165) is 32.9 Å². The average Bonchev–Trinajstić information content (AvgIpc) is 2.95. The summed E-state index contributed by atoms with van der Waals surface area (Å²) in [6.07, 6.45) is 0.944. The Morgan fingerprint density at radius 2 is 1.96 bits per heavy atom. The van der Waals surface area contributed by atoms with Crippen molar-refractivity contribution in [3.63, 3.8) is 0 Å². The maximum absolute atomic E-state index is 11.9. The SMILES string of the molecule is CC[C@H](C)NC(=O)C[NH+](C)Cc1ccc(-c2ccc(Br)cc2)o1. The zero-order valence-corrected chi connectivity index (χ0v) is 15.4. The van der Waals surface area contributed by atoms with Crippen LogP contribution >= 0.6 is 15.9 Å². The maximum atomic E-state index is 11.9. The molecule has 23 heavy (non-hydrogen) atoms. The number of quaternary nitrogens is 1. The zero-order chi connectivity index (χ0) is 16.8. The molecule has 5 heteroatoms. The standard InChI is InChI=1S/C18H23BrN2O2/c1-4-13(2)20-18(22)12-21(3)11-16-9-10-17(23-16)14-5-7-15(19)8-6-14/h5-10,13H,4,11-12H2,1-3H3,(H,20,22)/p+1/t13-/m0/s1. The number of halogens is 1. The Morgan fingerprint density at radius 1 is 1.26 bits per heavy atom. The molecule has 2 aromatic rings. The summed E-state index contributed by atoms with van der Waals surface area (Å²) in [5.41, 5.74) is 1.05. The van der Waals surface area contributed by atoms with Crippen LogP contribution in [0.4, 0.5) is 0 Å². The molecule has 2 N–H and O–H groups in total. The average molecular weight is 380 g/mol. The van der Waals surface area contributed by atoms with Gasteiger partial charge in [0.15, 0.2) is 12.3 Å². The van der Waals surface area contributed by atoms with E-state index in [9.17, 15) is 4.79 Å². The van der Waals surface area contributed by atoms with Gasteiger partial charge in [-0.3, -0.25) is 4.79 Å². The van der Waals surface area contributed by atoms with Crippen LogP contribution in [-0.4, -0.2) is 25.5 Å². The van der Waals surface area contributed by atoms with Gasteiger partial charge in [0.1, 0.15) is 12.3 Å². The van der Waals surface area contributed by atoms with E-state index in [0.29, 0.717) is 13.1 Å². The molecule has 2 rings (SSSR count). The summed E-state index contributed by atoms with van der Waals surface area (Å²) >= 11 is 3.43. The highest BCUT2D eigenvalue weighted by molar-refractivity contribution is 9.10. The van der Waals surface area contributed by atoms with Gasteiger partial charge in [0, 0.05) is 16.1 Å². The highest BCUT2D eigenvalue weighted by Gasteiger charge is 2.14. The second-order valence-corrected chi connectivity index (χ2v) is 6.88. The van der Waals surface area contributed by atoms with Gasteiger partial charge < -0.3 is 14.6 Å². The van der Waals surface area contributed by atoms with Crippen LogP contribution in [0.1, 0.15) is 26.0 Å². The van der Waals surface area contributed by atoms with Crippen LogP contribution in [0.2, 0.25) is 0 Å². The molecule has 0 fully saturated rings. The highest BCUT2D eigenvalue weighted by atomic mass is 79.9. The summed E-state index contributed by atoms with van der Waals surface area (Å²) in [5.74, 6) is 1.82. The summed E-state index contributed by atoms with van der Waals surface area (Å²) in [7, 11) is 2.00. The van der Waals surface area contributed by atoms with E-state index in [-0.39, 0.29) is 11.9 Å². The van der Waals surface area contributed by atoms with Crippen molar-refractivity contribution in [1.29, 1.82) is 0 Å². The lowest BCUT2D eigenvalue weighted by atomic mass is 10.2. The first-order chi connectivity index (χ1) is 11.0. The van der Waals surface area contributed by atoms with Crippen molar-refractivity contribution in [1.82, 2.24) is 5.32 Å². The molecule has 4 nitrogen and oxygen atoms in total. The number of amides is 1. The predicted octanol–water partition coefficient (Wildman–Crippen LogP) is 2.64. The third-order valence-corrected chi connectivity index (χ3v) is 4.28. The Hall–Kier alpha value is -1.59. The molecule has 0 saturated heterocycles. The first kappa shape index (κ1) is 17.8. The first-order valence-corrected chi connectivity index (χ1v) is 8.72. The molecule has 0 aliphatic rings. The minimum absolute atomic E-state index is 0.0801. The van der Waals surface area contributed by atoms with Crippen LogP contribution in [-0.2, 0) is 11.3 Å². The molecule has 1 amide bonds. The molecule has 0 bridgehead atoms.